The zero-order valence-electron chi connectivity index (χ0n) is 15.4. The summed E-state index contributed by atoms with van der Waals surface area (Å²) < 4.78 is 5.27. The Hall–Kier alpha value is -2.53. The molecule has 0 heterocycles. The van der Waals surface area contributed by atoms with Gasteiger partial charge in [-0.05, 0) is 55.3 Å². The van der Waals surface area contributed by atoms with E-state index < -0.39 is 0 Å². The van der Waals surface area contributed by atoms with Gasteiger partial charge in [-0.3, -0.25) is 9.59 Å². The first-order valence-corrected chi connectivity index (χ1v) is 8.68. The molecule has 0 aliphatic heterocycles. The van der Waals surface area contributed by atoms with Crippen molar-refractivity contribution in [3.63, 3.8) is 0 Å². The van der Waals surface area contributed by atoms with E-state index in [9.17, 15) is 9.59 Å². The Morgan fingerprint density at radius 1 is 1.15 bits per heavy atom. The number of anilines is 2. The van der Waals surface area contributed by atoms with Gasteiger partial charge in [0, 0.05) is 30.6 Å². The van der Waals surface area contributed by atoms with Crippen molar-refractivity contribution in [1.82, 2.24) is 0 Å². The second-order valence-electron chi connectivity index (χ2n) is 6.10. The lowest BCUT2D eigenvalue weighted by molar-refractivity contribution is -0.117. The molecule has 26 heavy (non-hydrogen) atoms. The minimum atomic E-state index is -0.188. The molecule has 0 aliphatic carbocycles. The third-order valence-electron chi connectivity index (χ3n) is 4.02. The van der Waals surface area contributed by atoms with E-state index in [4.69, 9.17) is 16.3 Å². The Labute approximate surface area is 158 Å². The molecule has 0 aliphatic rings. The lowest BCUT2D eigenvalue weighted by atomic mass is 10.1. The number of ether oxygens (including phenoxy) is 1. The van der Waals surface area contributed by atoms with Gasteiger partial charge in [-0.25, -0.2) is 0 Å². The number of hydrogen-bond acceptors (Lipinski definition) is 3. The molecule has 0 unspecified atom stereocenters. The van der Waals surface area contributed by atoms with Crippen LogP contribution in [0.3, 0.4) is 0 Å². The normalized spacial score (nSPS) is 10.3. The first-order valence-electron chi connectivity index (χ1n) is 8.30. The molecule has 0 saturated carbocycles. The summed E-state index contributed by atoms with van der Waals surface area (Å²) in [6.45, 7) is 5.58. The minimum absolute atomic E-state index is 0.128. The third kappa shape index (κ3) is 4.99. The first-order chi connectivity index (χ1) is 12.3. The van der Waals surface area contributed by atoms with Crippen LogP contribution in [0.5, 0.6) is 5.75 Å². The summed E-state index contributed by atoms with van der Waals surface area (Å²) in [6.07, 6.45) is 0.165. The molecule has 0 fully saturated rings. The zero-order chi connectivity index (χ0) is 19.3. The number of amides is 2. The average molecular weight is 375 g/mol. The summed E-state index contributed by atoms with van der Waals surface area (Å²) in [5.41, 5.74) is 3.27. The van der Waals surface area contributed by atoms with E-state index >= 15 is 0 Å². The molecule has 0 radical (unpaired) electrons. The maximum atomic E-state index is 12.4. The van der Waals surface area contributed by atoms with Gasteiger partial charge in [-0.15, -0.1) is 0 Å². The molecule has 2 aromatic rings. The van der Waals surface area contributed by atoms with Crippen LogP contribution in [0.1, 0.15) is 24.5 Å². The number of hydrogen-bond donors (Lipinski definition) is 1. The fourth-order valence-electron chi connectivity index (χ4n) is 2.71. The van der Waals surface area contributed by atoms with E-state index in [1.165, 1.54) is 6.92 Å². The molecule has 2 rings (SSSR count). The van der Waals surface area contributed by atoms with Crippen LogP contribution in [-0.2, 0) is 9.59 Å². The van der Waals surface area contributed by atoms with Gasteiger partial charge in [-0.2, -0.15) is 0 Å². The molecule has 2 amide bonds. The van der Waals surface area contributed by atoms with Crippen molar-refractivity contribution in [1.29, 1.82) is 0 Å². The molecule has 0 saturated heterocycles. The van der Waals surface area contributed by atoms with Gasteiger partial charge in [-0.1, -0.05) is 17.7 Å². The van der Waals surface area contributed by atoms with Gasteiger partial charge < -0.3 is 15.0 Å². The lowest BCUT2D eigenvalue weighted by Gasteiger charge is -2.23. The number of benzene rings is 2. The van der Waals surface area contributed by atoms with Crippen molar-refractivity contribution in [3.05, 3.63) is 52.5 Å². The smallest absolute Gasteiger partial charge is 0.226 e. The topological polar surface area (TPSA) is 58.6 Å². The number of halogens is 1. The summed E-state index contributed by atoms with van der Waals surface area (Å²) in [7, 11) is 1.56. The van der Waals surface area contributed by atoms with Gasteiger partial charge in [0.25, 0.3) is 0 Å². The number of methoxy groups -OCH3 is 1. The number of carbonyl (C=O) groups excluding carboxylic acids is 2. The predicted molar refractivity (Wildman–Crippen MR) is 105 cm³/mol. The summed E-state index contributed by atoms with van der Waals surface area (Å²) in [5.74, 6) is 0.282. The molecule has 1 N–H and O–H groups in total. The van der Waals surface area contributed by atoms with Crippen LogP contribution in [-0.4, -0.2) is 25.5 Å². The number of rotatable bonds is 6. The highest BCUT2D eigenvalue weighted by molar-refractivity contribution is 6.30. The van der Waals surface area contributed by atoms with E-state index in [1.807, 2.05) is 32.0 Å². The quantitative estimate of drug-likeness (QED) is 0.817. The van der Waals surface area contributed by atoms with Gasteiger partial charge in [0.15, 0.2) is 0 Å². The average Bonchev–Trinajstić information content (AvgIpc) is 2.56. The maximum Gasteiger partial charge on any atom is 0.226 e. The van der Waals surface area contributed by atoms with Crippen LogP contribution in [0.15, 0.2) is 36.4 Å². The van der Waals surface area contributed by atoms with Crippen LogP contribution in [0.2, 0.25) is 5.02 Å². The first kappa shape index (κ1) is 19.8. The molecule has 0 aromatic heterocycles. The number of nitrogens with zero attached hydrogens (tertiary/aromatic N) is 1. The van der Waals surface area contributed by atoms with E-state index in [2.05, 4.69) is 5.32 Å². The van der Waals surface area contributed by atoms with Crippen LogP contribution in [0.4, 0.5) is 11.4 Å². The fourth-order valence-corrected chi connectivity index (χ4v) is 2.94. The molecule has 6 heteroatoms. The summed E-state index contributed by atoms with van der Waals surface area (Å²) >= 11 is 5.98. The van der Waals surface area contributed by atoms with E-state index in [-0.39, 0.29) is 24.8 Å². The molecular formula is C20H23ClN2O3. The largest absolute Gasteiger partial charge is 0.495 e. The van der Waals surface area contributed by atoms with Crippen molar-refractivity contribution in [2.75, 3.05) is 23.9 Å². The predicted octanol–water partition coefficient (Wildman–Crippen LogP) is 4.35. The Kier molecular flexibility index (Phi) is 6.64. The highest BCUT2D eigenvalue weighted by Gasteiger charge is 2.16. The van der Waals surface area contributed by atoms with Crippen molar-refractivity contribution < 1.29 is 14.3 Å². The molecule has 0 spiro atoms. The van der Waals surface area contributed by atoms with Crippen LogP contribution < -0.4 is 15.0 Å². The standard InChI is InChI=1S/C20H23ClN2O3/c1-13-5-8-19(26-4)17(11-13)22-20(25)9-10-23(15(3)24)18-7-6-16(21)12-14(18)2/h5-8,11-12H,9-10H2,1-4H3,(H,22,25). The van der Waals surface area contributed by atoms with Crippen LogP contribution in [0.25, 0.3) is 0 Å². The Morgan fingerprint density at radius 3 is 2.50 bits per heavy atom. The SMILES string of the molecule is COc1ccc(C)cc1NC(=O)CCN(C(C)=O)c1ccc(Cl)cc1C. The minimum Gasteiger partial charge on any atom is -0.495 e. The van der Waals surface area contributed by atoms with Crippen molar-refractivity contribution in [2.45, 2.75) is 27.2 Å². The number of aryl methyl sites for hydroxylation is 2. The van der Waals surface area contributed by atoms with E-state index in [1.54, 1.807) is 30.2 Å². The molecule has 138 valence electrons. The fraction of sp³-hybridized carbons (Fsp3) is 0.300. The zero-order valence-corrected chi connectivity index (χ0v) is 16.2. The lowest BCUT2D eigenvalue weighted by Crippen LogP contribution is -2.32. The monoisotopic (exact) mass is 374 g/mol. The van der Waals surface area contributed by atoms with Crippen molar-refractivity contribution in [3.8, 4) is 5.75 Å². The number of nitrogens with one attached hydrogen (secondary N) is 1. The molecule has 0 bridgehead atoms. The Balaban J connectivity index is 2.08. The van der Waals surface area contributed by atoms with Gasteiger partial charge in [0.05, 0.1) is 12.8 Å². The molecular weight excluding hydrogens is 352 g/mol. The van der Waals surface area contributed by atoms with Gasteiger partial charge >= 0.3 is 0 Å². The van der Waals surface area contributed by atoms with Gasteiger partial charge in [0.1, 0.15) is 5.75 Å². The maximum absolute atomic E-state index is 12.4. The Morgan fingerprint density at radius 2 is 1.88 bits per heavy atom. The van der Waals surface area contributed by atoms with E-state index in [0.29, 0.717) is 16.5 Å². The van der Waals surface area contributed by atoms with Crippen molar-refractivity contribution in [2.24, 2.45) is 0 Å². The highest BCUT2D eigenvalue weighted by atomic mass is 35.5. The number of carbonyl (C=O) groups is 2. The Bertz CT molecular complexity index is 821. The molecule has 5 nitrogen and oxygen atoms in total. The summed E-state index contributed by atoms with van der Waals surface area (Å²) in [5, 5.41) is 3.46. The van der Waals surface area contributed by atoms with Crippen LogP contribution in [0, 0.1) is 13.8 Å². The molecule has 0 atom stereocenters. The summed E-state index contributed by atoms with van der Waals surface area (Å²) in [6, 6.07) is 10.9. The second-order valence-corrected chi connectivity index (χ2v) is 6.54. The highest BCUT2D eigenvalue weighted by Crippen LogP contribution is 2.26. The van der Waals surface area contributed by atoms with Crippen molar-refractivity contribution >= 4 is 34.8 Å². The second kappa shape index (κ2) is 8.72. The van der Waals surface area contributed by atoms with Crippen LogP contribution >= 0.6 is 11.6 Å². The van der Waals surface area contributed by atoms with E-state index in [0.717, 1.165) is 16.8 Å². The molecule has 2 aromatic carbocycles. The van der Waals surface area contributed by atoms with Gasteiger partial charge in [0.2, 0.25) is 11.8 Å². The third-order valence-corrected chi connectivity index (χ3v) is 4.26. The summed E-state index contributed by atoms with van der Waals surface area (Å²) in [4.78, 5) is 26.0.